The van der Waals surface area contributed by atoms with E-state index in [0.29, 0.717) is 0 Å². The molecule has 8 heteroatoms. The molecule has 0 saturated carbocycles. The zero-order valence-electron chi connectivity index (χ0n) is 10.0. The van der Waals surface area contributed by atoms with Crippen LogP contribution in [0.4, 0.5) is 19.0 Å². The molecule has 1 rings (SSSR count). The van der Waals surface area contributed by atoms with Crippen LogP contribution in [0.15, 0.2) is 12.1 Å². The van der Waals surface area contributed by atoms with E-state index in [0.717, 1.165) is 12.1 Å². The fraction of sp³-hybridized carbons (Fsp3) is 0.455. The number of rotatable bonds is 5. The molecule has 0 aliphatic carbocycles. The Hall–Kier alpha value is -1.85. The molecule has 0 radical (unpaired) electrons. The Morgan fingerprint density at radius 2 is 2.21 bits per heavy atom. The Labute approximate surface area is 107 Å². The quantitative estimate of drug-likeness (QED) is 0.849. The number of nitrogens with zero attached hydrogens (tertiary/aromatic N) is 2. The predicted molar refractivity (Wildman–Crippen MR) is 60.3 cm³/mol. The molecule has 5 nitrogen and oxygen atoms in total. The van der Waals surface area contributed by atoms with Crippen molar-refractivity contribution in [1.82, 2.24) is 4.98 Å². The summed E-state index contributed by atoms with van der Waals surface area (Å²) in [7, 11) is 1.38. The Balaban J connectivity index is 2.89. The lowest BCUT2D eigenvalue weighted by Gasteiger charge is -2.13. The van der Waals surface area contributed by atoms with E-state index in [1.54, 1.807) is 6.07 Å². The maximum atomic E-state index is 12.5. The van der Waals surface area contributed by atoms with Crippen molar-refractivity contribution < 1.29 is 23.0 Å². The molecule has 1 heterocycles. The number of hydrogen-bond acceptors (Lipinski definition) is 5. The number of nitrogens with one attached hydrogen (secondary N) is 1. The summed E-state index contributed by atoms with van der Waals surface area (Å²) < 4.78 is 42.1. The molecule has 1 aromatic rings. The summed E-state index contributed by atoms with van der Waals surface area (Å²) in [5, 5.41) is 20.7. The molecule has 0 amide bonds. The van der Waals surface area contributed by atoms with Crippen LogP contribution in [-0.4, -0.2) is 36.5 Å². The molecule has 1 atom stereocenters. The number of ether oxygens (including phenoxy) is 1. The van der Waals surface area contributed by atoms with Crippen molar-refractivity contribution >= 4 is 5.82 Å². The standard InChI is InChI=1S/C11H12F3N3O2/c1-19-6-8(18)5-16-10-7(4-15)2-3-9(17-10)11(12,13)14/h2-3,8,18H,5-6H2,1H3,(H,16,17). The SMILES string of the molecule is COCC(O)CNc1nc(C(F)(F)F)ccc1C#N. The minimum Gasteiger partial charge on any atom is -0.389 e. The molecule has 104 valence electrons. The van der Waals surface area contributed by atoms with Gasteiger partial charge in [-0.05, 0) is 12.1 Å². The topological polar surface area (TPSA) is 78.2 Å². The average molecular weight is 275 g/mol. The van der Waals surface area contributed by atoms with Crippen LogP contribution in [0.25, 0.3) is 0 Å². The minimum absolute atomic E-state index is 0.0217. The third kappa shape index (κ3) is 4.39. The second-order valence-corrected chi connectivity index (χ2v) is 3.69. The lowest BCUT2D eigenvalue weighted by Crippen LogP contribution is -2.25. The van der Waals surface area contributed by atoms with Crippen LogP contribution in [0.5, 0.6) is 0 Å². The molecule has 0 aromatic carbocycles. The van der Waals surface area contributed by atoms with Gasteiger partial charge in [-0.3, -0.25) is 0 Å². The molecular formula is C11H12F3N3O2. The number of alkyl halides is 3. The number of aliphatic hydroxyl groups is 1. The smallest absolute Gasteiger partial charge is 0.389 e. The maximum Gasteiger partial charge on any atom is 0.433 e. The van der Waals surface area contributed by atoms with Gasteiger partial charge < -0.3 is 15.2 Å². The molecule has 1 unspecified atom stereocenters. The first-order valence-electron chi connectivity index (χ1n) is 5.27. The zero-order valence-corrected chi connectivity index (χ0v) is 10.0. The fourth-order valence-electron chi connectivity index (χ4n) is 1.31. The first-order valence-corrected chi connectivity index (χ1v) is 5.27. The van der Waals surface area contributed by atoms with Gasteiger partial charge in [0.25, 0.3) is 0 Å². The summed E-state index contributed by atoms with van der Waals surface area (Å²) >= 11 is 0. The highest BCUT2D eigenvalue weighted by Gasteiger charge is 2.33. The van der Waals surface area contributed by atoms with Crippen LogP contribution in [0.3, 0.4) is 0 Å². The highest BCUT2D eigenvalue weighted by molar-refractivity contribution is 5.52. The van der Waals surface area contributed by atoms with E-state index in [2.05, 4.69) is 15.0 Å². The van der Waals surface area contributed by atoms with E-state index in [-0.39, 0.29) is 24.5 Å². The first kappa shape index (κ1) is 15.2. The van der Waals surface area contributed by atoms with Gasteiger partial charge >= 0.3 is 6.18 Å². The van der Waals surface area contributed by atoms with Gasteiger partial charge in [-0.2, -0.15) is 18.4 Å². The summed E-state index contributed by atoms with van der Waals surface area (Å²) in [4.78, 5) is 3.34. The minimum atomic E-state index is -4.59. The molecule has 19 heavy (non-hydrogen) atoms. The van der Waals surface area contributed by atoms with Gasteiger partial charge in [0.1, 0.15) is 17.6 Å². The van der Waals surface area contributed by atoms with Crippen LogP contribution in [0, 0.1) is 11.3 Å². The van der Waals surface area contributed by atoms with Gasteiger partial charge in [-0.25, -0.2) is 4.98 Å². The Morgan fingerprint density at radius 3 is 2.74 bits per heavy atom. The van der Waals surface area contributed by atoms with Gasteiger partial charge in [0.2, 0.25) is 0 Å². The summed E-state index contributed by atoms with van der Waals surface area (Å²) in [6.45, 7) is -0.0509. The van der Waals surface area contributed by atoms with Crippen LogP contribution in [0.1, 0.15) is 11.3 Å². The first-order chi connectivity index (χ1) is 8.88. The van der Waals surface area contributed by atoms with Crippen molar-refractivity contribution in [2.75, 3.05) is 25.6 Å². The van der Waals surface area contributed by atoms with Gasteiger partial charge in [-0.1, -0.05) is 0 Å². The molecule has 0 bridgehead atoms. The van der Waals surface area contributed by atoms with Gasteiger partial charge in [-0.15, -0.1) is 0 Å². The Bertz CT molecular complexity index is 471. The van der Waals surface area contributed by atoms with Crippen molar-refractivity contribution in [2.45, 2.75) is 12.3 Å². The zero-order chi connectivity index (χ0) is 14.5. The fourth-order valence-corrected chi connectivity index (χ4v) is 1.31. The second-order valence-electron chi connectivity index (χ2n) is 3.69. The van der Waals surface area contributed by atoms with Crippen molar-refractivity contribution in [3.05, 3.63) is 23.4 Å². The largest absolute Gasteiger partial charge is 0.433 e. The summed E-state index contributed by atoms with van der Waals surface area (Å²) in [5.41, 5.74) is -1.13. The lowest BCUT2D eigenvalue weighted by molar-refractivity contribution is -0.141. The number of aliphatic hydroxyl groups excluding tert-OH is 1. The van der Waals surface area contributed by atoms with Gasteiger partial charge in [0.15, 0.2) is 0 Å². The van der Waals surface area contributed by atoms with Crippen molar-refractivity contribution in [3.8, 4) is 6.07 Å². The van der Waals surface area contributed by atoms with Crippen molar-refractivity contribution in [1.29, 1.82) is 5.26 Å². The van der Waals surface area contributed by atoms with Crippen molar-refractivity contribution in [2.24, 2.45) is 0 Å². The van der Waals surface area contributed by atoms with E-state index < -0.39 is 18.0 Å². The summed E-state index contributed by atoms with van der Waals surface area (Å²) in [6, 6.07) is 3.48. The van der Waals surface area contributed by atoms with E-state index in [9.17, 15) is 18.3 Å². The van der Waals surface area contributed by atoms with Crippen LogP contribution in [-0.2, 0) is 10.9 Å². The summed E-state index contributed by atoms with van der Waals surface area (Å²) in [6.07, 6.45) is -5.50. The number of pyridine rings is 1. The number of aromatic nitrogens is 1. The molecule has 1 aromatic heterocycles. The third-order valence-electron chi connectivity index (χ3n) is 2.17. The van der Waals surface area contributed by atoms with E-state index in [1.165, 1.54) is 7.11 Å². The average Bonchev–Trinajstić information content (AvgIpc) is 2.35. The van der Waals surface area contributed by atoms with Crippen LogP contribution in [0.2, 0.25) is 0 Å². The van der Waals surface area contributed by atoms with E-state index in [1.807, 2.05) is 0 Å². The van der Waals surface area contributed by atoms with Crippen LogP contribution >= 0.6 is 0 Å². The summed E-state index contributed by atoms with van der Waals surface area (Å²) in [5.74, 6) is -0.215. The van der Waals surface area contributed by atoms with Crippen LogP contribution < -0.4 is 5.32 Å². The Kier molecular flexibility index (Phi) is 5.09. The number of halogens is 3. The number of hydrogen-bond donors (Lipinski definition) is 2. The molecule has 2 N–H and O–H groups in total. The second kappa shape index (κ2) is 6.36. The highest BCUT2D eigenvalue weighted by atomic mass is 19.4. The molecule has 0 fully saturated rings. The molecule has 0 aliphatic rings. The maximum absolute atomic E-state index is 12.5. The van der Waals surface area contributed by atoms with E-state index >= 15 is 0 Å². The normalized spacial score (nSPS) is 12.8. The highest BCUT2D eigenvalue weighted by Crippen LogP contribution is 2.29. The Morgan fingerprint density at radius 1 is 1.53 bits per heavy atom. The van der Waals surface area contributed by atoms with Gasteiger partial charge in [0.05, 0.1) is 18.3 Å². The van der Waals surface area contributed by atoms with Gasteiger partial charge in [0, 0.05) is 13.7 Å². The monoisotopic (exact) mass is 275 g/mol. The molecular weight excluding hydrogens is 263 g/mol. The number of nitriles is 1. The molecule has 0 spiro atoms. The molecule has 0 aliphatic heterocycles. The van der Waals surface area contributed by atoms with E-state index in [4.69, 9.17) is 5.26 Å². The van der Waals surface area contributed by atoms with Crippen molar-refractivity contribution in [3.63, 3.8) is 0 Å². The lowest BCUT2D eigenvalue weighted by atomic mass is 10.2. The third-order valence-corrected chi connectivity index (χ3v) is 2.17. The molecule has 0 saturated heterocycles. The number of methoxy groups -OCH3 is 1. The number of anilines is 1. The predicted octanol–water partition coefficient (Wildman–Crippen LogP) is 1.39.